The van der Waals surface area contributed by atoms with Crippen molar-refractivity contribution in [3.63, 3.8) is 0 Å². The molecule has 7 nitrogen and oxygen atoms in total. The Morgan fingerprint density at radius 1 is 1.04 bits per heavy atom. The van der Waals surface area contributed by atoms with E-state index in [0.29, 0.717) is 5.75 Å². The van der Waals surface area contributed by atoms with Gasteiger partial charge in [-0.05, 0) is 24.3 Å². The van der Waals surface area contributed by atoms with E-state index in [0.717, 1.165) is 37.7 Å². The molecule has 0 bridgehead atoms. The number of piperazine rings is 1. The molecule has 1 aliphatic rings. The maximum atomic E-state index is 11.4. The molecule has 0 unspecified atom stereocenters. The Hall–Kier alpha value is -2.83. The number of aromatic hydroxyl groups is 1. The van der Waals surface area contributed by atoms with Gasteiger partial charge in [0.25, 0.3) is 0 Å². The Balaban J connectivity index is 1.65. The van der Waals surface area contributed by atoms with E-state index >= 15 is 0 Å². The van der Waals surface area contributed by atoms with Crippen molar-refractivity contribution in [3.8, 4) is 5.75 Å². The van der Waals surface area contributed by atoms with Crippen LogP contribution >= 0.6 is 0 Å². The lowest BCUT2D eigenvalue weighted by atomic mass is 10.2. The van der Waals surface area contributed by atoms with E-state index in [-0.39, 0.29) is 5.69 Å². The SMILES string of the molecule is COC(=O)c1ccc(N2CCN(c3ccccc3O)CC2)nn1. The summed E-state index contributed by atoms with van der Waals surface area (Å²) in [6.07, 6.45) is 0. The van der Waals surface area contributed by atoms with Crippen LogP contribution in [-0.2, 0) is 4.74 Å². The minimum Gasteiger partial charge on any atom is -0.506 e. The number of aromatic nitrogens is 2. The lowest BCUT2D eigenvalue weighted by molar-refractivity contribution is 0.0592. The second kappa shape index (κ2) is 6.51. The molecular weight excluding hydrogens is 296 g/mol. The zero-order valence-corrected chi connectivity index (χ0v) is 12.8. The van der Waals surface area contributed by atoms with Crippen LogP contribution in [0.25, 0.3) is 0 Å². The molecule has 0 radical (unpaired) electrons. The predicted molar refractivity (Wildman–Crippen MR) is 85.9 cm³/mol. The van der Waals surface area contributed by atoms with Crippen molar-refractivity contribution >= 4 is 17.5 Å². The first-order valence-corrected chi connectivity index (χ1v) is 7.39. The smallest absolute Gasteiger partial charge is 0.358 e. The predicted octanol–water partition coefficient (Wildman–Crippen LogP) is 1.30. The molecular formula is C16H18N4O3. The van der Waals surface area contributed by atoms with Crippen LogP contribution in [0.3, 0.4) is 0 Å². The summed E-state index contributed by atoms with van der Waals surface area (Å²) in [5.41, 5.74) is 1.04. The van der Waals surface area contributed by atoms with Crippen molar-refractivity contribution in [1.29, 1.82) is 0 Å². The van der Waals surface area contributed by atoms with Gasteiger partial charge in [-0.25, -0.2) is 4.79 Å². The molecule has 0 amide bonds. The summed E-state index contributed by atoms with van der Waals surface area (Å²) in [7, 11) is 1.32. The van der Waals surface area contributed by atoms with Crippen LogP contribution in [0.15, 0.2) is 36.4 Å². The van der Waals surface area contributed by atoms with Gasteiger partial charge in [0, 0.05) is 26.2 Å². The fraction of sp³-hybridized carbons (Fsp3) is 0.312. The second-order valence-corrected chi connectivity index (χ2v) is 5.23. The number of phenolic OH excluding ortho intramolecular Hbond substituents is 1. The van der Waals surface area contributed by atoms with E-state index < -0.39 is 5.97 Å². The first-order chi connectivity index (χ1) is 11.2. The first kappa shape index (κ1) is 15.1. The van der Waals surface area contributed by atoms with Gasteiger partial charge >= 0.3 is 5.97 Å². The van der Waals surface area contributed by atoms with Crippen LogP contribution in [0.2, 0.25) is 0 Å². The largest absolute Gasteiger partial charge is 0.506 e. The number of carbonyl (C=O) groups excluding carboxylic acids is 1. The summed E-state index contributed by atoms with van der Waals surface area (Å²) in [6.45, 7) is 3.08. The van der Waals surface area contributed by atoms with Crippen molar-refractivity contribution in [2.45, 2.75) is 0 Å². The lowest BCUT2D eigenvalue weighted by Crippen LogP contribution is -2.46. The van der Waals surface area contributed by atoms with E-state index in [9.17, 15) is 9.90 Å². The van der Waals surface area contributed by atoms with E-state index in [1.54, 1.807) is 18.2 Å². The molecule has 0 atom stereocenters. The fourth-order valence-electron chi connectivity index (χ4n) is 2.62. The average molecular weight is 314 g/mol. The average Bonchev–Trinajstić information content (AvgIpc) is 2.62. The van der Waals surface area contributed by atoms with Crippen LogP contribution in [0, 0.1) is 0 Å². The van der Waals surface area contributed by atoms with Gasteiger partial charge in [-0.3, -0.25) is 0 Å². The molecule has 1 aliphatic heterocycles. The molecule has 120 valence electrons. The molecule has 0 saturated carbocycles. The molecule has 7 heteroatoms. The maximum Gasteiger partial charge on any atom is 0.358 e. The highest BCUT2D eigenvalue weighted by Gasteiger charge is 2.20. The molecule has 2 heterocycles. The quantitative estimate of drug-likeness (QED) is 0.855. The van der Waals surface area contributed by atoms with E-state index in [4.69, 9.17) is 0 Å². The molecule has 1 N–H and O–H groups in total. The van der Waals surface area contributed by atoms with Crippen LogP contribution in [-0.4, -0.2) is 54.6 Å². The standard InChI is InChI=1S/C16H18N4O3/c1-23-16(22)12-6-7-15(18-17-12)20-10-8-19(9-11-20)13-4-2-3-5-14(13)21/h2-7,21H,8-11H2,1H3. The number of phenols is 1. The van der Waals surface area contributed by atoms with Gasteiger partial charge in [0.2, 0.25) is 0 Å². The van der Waals surface area contributed by atoms with E-state index in [1.165, 1.54) is 7.11 Å². The zero-order chi connectivity index (χ0) is 16.2. The Bertz CT molecular complexity index is 682. The van der Waals surface area contributed by atoms with Gasteiger partial charge in [0.15, 0.2) is 11.5 Å². The first-order valence-electron chi connectivity index (χ1n) is 7.39. The number of rotatable bonds is 3. The molecule has 0 spiro atoms. The summed E-state index contributed by atoms with van der Waals surface area (Å²) in [5.74, 6) is 0.534. The third-order valence-corrected chi connectivity index (χ3v) is 3.87. The molecule has 0 aliphatic carbocycles. The number of hydrogen-bond donors (Lipinski definition) is 1. The van der Waals surface area contributed by atoms with Gasteiger partial charge in [0.1, 0.15) is 5.75 Å². The lowest BCUT2D eigenvalue weighted by Gasteiger charge is -2.36. The molecule has 1 fully saturated rings. The van der Waals surface area contributed by atoms with Crippen LogP contribution < -0.4 is 9.80 Å². The highest BCUT2D eigenvalue weighted by molar-refractivity contribution is 5.87. The molecule has 1 saturated heterocycles. The van der Waals surface area contributed by atoms with Crippen LogP contribution in [0.5, 0.6) is 5.75 Å². The molecule has 2 aromatic rings. The third-order valence-electron chi connectivity index (χ3n) is 3.87. The Labute approximate surface area is 134 Å². The van der Waals surface area contributed by atoms with Gasteiger partial charge in [-0.2, -0.15) is 0 Å². The van der Waals surface area contributed by atoms with Crippen molar-refractivity contribution in [1.82, 2.24) is 10.2 Å². The highest BCUT2D eigenvalue weighted by Crippen LogP contribution is 2.27. The van der Waals surface area contributed by atoms with E-state index in [2.05, 4.69) is 24.7 Å². The molecule has 23 heavy (non-hydrogen) atoms. The third kappa shape index (κ3) is 3.18. The summed E-state index contributed by atoms with van der Waals surface area (Å²) in [6, 6.07) is 10.7. The summed E-state index contributed by atoms with van der Waals surface area (Å²) in [5, 5.41) is 17.9. The second-order valence-electron chi connectivity index (χ2n) is 5.23. The van der Waals surface area contributed by atoms with Gasteiger partial charge < -0.3 is 19.6 Å². The minimum absolute atomic E-state index is 0.198. The van der Waals surface area contributed by atoms with Crippen molar-refractivity contribution in [3.05, 3.63) is 42.1 Å². The van der Waals surface area contributed by atoms with Crippen molar-refractivity contribution in [2.75, 3.05) is 43.1 Å². The summed E-state index contributed by atoms with van der Waals surface area (Å²) < 4.78 is 4.61. The van der Waals surface area contributed by atoms with Gasteiger partial charge in [0.05, 0.1) is 12.8 Å². The van der Waals surface area contributed by atoms with Crippen molar-refractivity contribution in [2.24, 2.45) is 0 Å². The number of hydrogen-bond acceptors (Lipinski definition) is 7. The Kier molecular flexibility index (Phi) is 4.27. The summed E-state index contributed by atoms with van der Waals surface area (Å²) in [4.78, 5) is 15.6. The van der Waals surface area contributed by atoms with Gasteiger partial charge in [-0.15, -0.1) is 10.2 Å². The number of esters is 1. The topological polar surface area (TPSA) is 78.8 Å². The minimum atomic E-state index is -0.492. The number of carbonyl (C=O) groups is 1. The number of nitrogens with zero attached hydrogens (tertiary/aromatic N) is 4. The van der Waals surface area contributed by atoms with Crippen LogP contribution in [0.1, 0.15) is 10.5 Å². The van der Waals surface area contributed by atoms with Gasteiger partial charge in [-0.1, -0.05) is 12.1 Å². The van der Waals surface area contributed by atoms with Crippen LogP contribution in [0.4, 0.5) is 11.5 Å². The number of anilines is 2. The number of ether oxygens (including phenoxy) is 1. The normalized spacial score (nSPS) is 14.7. The van der Waals surface area contributed by atoms with Crippen molar-refractivity contribution < 1.29 is 14.6 Å². The monoisotopic (exact) mass is 314 g/mol. The molecule has 1 aromatic carbocycles. The number of para-hydroxylation sites is 2. The number of benzene rings is 1. The summed E-state index contributed by atoms with van der Waals surface area (Å²) >= 11 is 0. The Morgan fingerprint density at radius 3 is 2.35 bits per heavy atom. The fourth-order valence-corrected chi connectivity index (χ4v) is 2.62. The zero-order valence-electron chi connectivity index (χ0n) is 12.8. The Morgan fingerprint density at radius 2 is 1.74 bits per heavy atom. The maximum absolute atomic E-state index is 11.4. The molecule has 3 rings (SSSR count). The van der Waals surface area contributed by atoms with E-state index in [1.807, 2.05) is 18.2 Å². The molecule has 1 aromatic heterocycles. The highest BCUT2D eigenvalue weighted by atomic mass is 16.5. The number of methoxy groups -OCH3 is 1.